The van der Waals surface area contributed by atoms with Crippen molar-refractivity contribution in [1.82, 2.24) is 0 Å². The van der Waals surface area contributed by atoms with Crippen LogP contribution in [0.15, 0.2) is 0 Å². The molecule has 0 amide bonds. The van der Waals surface area contributed by atoms with Crippen LogP contribution in [0.2, 0.25) is 0 Å². The van der Waals surface area contributed by atoms with Crippen LogP contribution in [-0.2, 0) is 4.74 Å². The van der Waals surface area contributed by atoms with Crippen LogP contribution >= 0.6 is 0 Å². The van der Waals surface area contributed by atoms with Crippen LogP contribution in [-0.4, -0.2) is 18.8 Å². The topological polar surface area (TPSA) is 35.2 Å². The van der Waals surface area contributed by atoms with E-state index in [-0.39, 0.29) is 5.54 Å². The quantitative estimate of drug-likeness (QED) is 0.712. The summed E-state index contributed by atoms with van der Waals surface area (Å²) in [5, 5.41) is 0. The van der Waals surface area contributed by atoms with Crippen molar-refractivity contribution in [3.8, 4) is 0 Å². The van der Waals surface area contributed by atoms with Crippen molar-refractivity contribution in [3.63, 3.8) is 0 Å². The number of rotatable bonds is 5. The van der Waals surface area contributed by atoms with Gasteiger partial charge in [0.1, 0.15) is 0 Å². The summed E-state index contributed by atoms with van der Waals surface area (Å²) in [7, 11) is 0. The van der Waals surface area contributed by atoms with Crippen LogP contribution in [0.25, 0.3) is 0 Å². The zero-order valence-corrected chi connectivity index (χ0v) is 10.3. The predicted molar refractivity (Wildman–Crippen MR) is 65.0 cm³/mol. The third-order valence-corrected chi connectivity index (χ3v) is 3.44. The van der Waals surface area contributed by atoms with Gasteiger partial charge in [0.15, 0.2) is 0 Å². The fourth-order valence-electron chi connectivity index (χ4n) is 2.38. The van der Waals surface area contributed by atoms with Gasteiger partial charge in [-0.2, -0.15) is 0 Å². The summed E-state index contributed by atoms with van der Waals surface area (Å²) in [4.78, 5) is 0. The molecule has 0 saturated heterocycles. The molecule has 0 bridgehead atoms. The lowest BCUT2D eigenvalue weighted by molar-refractivity contribution is 0.108. The first-order valence-corrected chi connectivity index (χ1v) is 6.63. The third kappa shape index (κ3) is 5.53. The van der Waals surface area contributed by atoms with Crippen molar-refractivity contribution in [2.45, 2.75) is 70.3 Å². The van der Waals surface area contributed by atoms with E-state index in [0.29, 0.717) is 0 Å². The van der Waals surface area contributed by atoms with Crippen molar-refractivity contribution in [3.05, 3.63) is 0 Å². The van der Waals surface area contributed by atoms with E-state index in [9.17, 15) is 0 Å². The van der Waals surface area contributed by atoms with Gasteiger partial charge in [0.25, 0.3) is 0 Å². The minimum Gasteiger partial charge on any atom is -0.381 e. The summed E-state index contributed by atoms with van der Waals surface area (Å²) in [5.74, 6) is 0. The molecule has 90 valence electrons. The normalized spacial score (nSPS) is 22.0. The number of hydrogen-bond donors (Lipinski definition) is 1. The zero-order valence-electron chi connectivity index (χ0n) is 10.3. The van der Waals surface area contributed by atoms with Crippen LogP contribution < -0.4 is 5.73 Å². The molecule has 0 aliphatic heterocycles. The highest BCUT2D eigenvalue weighted by atomic mass is 16.5. The average Bonchev–Trinajstić information content (AvgIpc) is 2.20. The zero-order chi connectivity index (χ0) is 11.0. The fraction of sp³-hybridized carbons (Fsp3) is 1.00. The summed E-state index contributed by atoms with van der Waals surface area (Å²) in [6.45, 7) is 3.88. The molecule has 2 heteroatoms. The Kier molecular flexibility index (Phi) is 6.26. The lowest BCUT2D eigenvalue weighted by Crippen LogP contribution is -2.41. The first-order valence-electron chi connectivity index (χ1n) is 6.63. The first kappa shape index (κ1) is 13.0. The Hall–Kier alpha value is -0.0800. The van der Waals surface area contributed by atoms with Gasteiger partial charge in [-0.3, -0.25) is 0 Å². The Morgan fingerprint density at radius 1 is 1.00 bits per heavy atom. The van der Waals surface area contributed by atoms with Gasteiger partial charge in [0.05, 0.1) is 0 Å². The molecule has 15 heavy (non-hydrogen) atoms. The van der Waals surface area contributed by atoms with Crippen molar-refractivity contribution in [1.29, 1.82) is 0 Å². The summed E-state index contributed by atoms with van der Waals surface area (Å²) in [6, 6.07) is 0. The molecule has 1 saturated carbocycles. The van der Waals surface area contributed by atoms with Gasteiger partial charge in [0.2, 0.25) is 0 Å². The minimum absolute atomic E-state index is 0.0775. The molecule has 1 rings (SSSR count). The maximum absolute atomic E-state index is 6.43. The Balaban J connectivity index is 2.21. The van der Waals surface area contributed by atoms with Gasteiger partial charge in [-0.05, 0) is 25.7 Å². The van der Waals surface area contributed by atoms with Crippen molar-refractivity contribution < 1.29 is 4.74 Å². The van der Waals surface area contributed by atoms with Crippen LogP contribution in [0, 0.1) is 0 Å². The van der Waals surface area contributed by atoms with Crippen LogP contribution in [0.3, 0.4) is 0 Å². The van der Waals surface area contributed by atoms with E-state index in [4.69, 9.17) is 10.5 Å². The highest BCUT2D eigenvalue weighted by molar-refractivity contribution is 4.84. The van der Waals surface area contributed by atoms with Gasteiger partial charge in [-0.15, -0.1) is 0 Å². The average molecular weight is 213 g/mol. The molecule has 1 aliphatic rings. The van der Waals surface area contributed by atoms with E-state index >= 15 is 0 Å². The van der Waals surface area contributed by atoms with Gasteiger partial charge in [0, 0.05) is 18.8 Å². The summed E-state index contributed by atoms with van der Waals surface area (Å²) in [6.07, 6.45) is 11.3. The van der Waals surface area contributed by atoms with E-state index in [1.165, 1.54) is 44.9 Å². The molecule has 0 heterocycles. The molecule has 0 unspecified atom stereocenters. The molecule has 0 atom stereocenters. The number of hydrogen-bond acceptors (Lipinski definition) is 2. The molecule has 0 radical (unpaired) electrons. The molecular weight excluding hydrogens is 186 g/mol. The maximum Gasteiger partial charge on any atom is 0.0483 e. The minimum atomic E-state index is 0.0775. The van der Waals surface area contributed by atoms with E-state index in [0.717, 1.165) is 26.1 Å². The monoisotopic (exact) mass is 213 g/mol. The number of nitrogens with two attached hydrogens (primary N) is 1. The van der Waals surface area contributed by atoms with E-state index in [1.54, 1.807) is 0 Å². The third-order valence-electron chi connectivity index (χ3n) is 3.44. The van der Waals surface area contributed by atoms with Gasteiger partial charge >= 0.3 is 0 Å². The van der Waals surface area contributed by atoms with E-state index in [1.807, 2.05) is 0 Å². The summed E-state index contributed by atoms with van der Waals surface area (Å²) < 4.78 is 5.54. The van der Waals surface area contributed by atoms with E-state index < -0.39 is 0 Å². The Morgan fingerprint density at radius 2 is 1.60 bits per heavy atom. The van der Waals surface area contributed by atoms with E-state index in [2.05, 4.69) is 6.92 Å². The molecule has 2 nitrogen and oxygen atoms in total. The molecule has 0 spiro atoms. The van der Waals surface area contributed by atoms with Crippen molar-refractivity contribution >= 4 is 0 Å². The molecule has 0 aromatic heterocycles. The maximum atomic E-state index is 6.43. The van der Waals surface area contributed by atoms with Crippen LogP contribution in [0.4, 0.5) is 0 Å². The predicted octanol–water partition coefficient (Wildman–Crippen LogP) is 3.24. The largest absolute Gasteiger partial charge is 0.381 e. The molecule has 0 aromatic rings. The standard InChI is InChI=1S/C13H27NO/c1-2-11-15-12-10-13(14)8-6-4-3-5-7-9-13/h2-12,14H2,1H3. The second kappa shape index (κ2) is 7.24. The summed E-state index contributed by atoms with van der Waals surface area (Å²) in [5.41, 5.74) is 6.51. The van der Waals surface area contributed by atoms with Crippen LogP contribution in [0.1, 0.15) is 64.7 Å². The lowest BCUT2D eigenvalue weighted by atomic mass is 9.82. The second-order valence-electron chi connectivity index (χ2n) is 4.99. The van der Waals surface area contributed by atoms with Gasteiger partial charge < -0.3 is 10.5 Å². The van der Waals surface area contributed by atoms with Gasteiger partial charge in [-0.25, -0.2) is 0 Å². The Bertz CT molecular complexity index is 151. The van der Waals surface area contributed by atoms with Crippen molar-refractivity contribution in [2.24, 2.45) is 5.73 Å². The first-order chi connectivity index (χ1) is 7.27. The highest BCUT2D eigenvalue weighted by Crippen LogP contribution is 2.26. The van der Waals surface area contributed by atoms with Crippen molar-refractivity contribution in [2.75, 3.05) is 13.2 Å². The number of ether oxygens (including phenoxy) is 1. The Morgan fingerprint density at radius 3 is 2.20 bits per heavy atom. The SMILES string of the molecule is CCCOCCC1(N)CCCCCCC1. The molecule has 2 N–H and O–H groups in total. The fourth-order valence-corrected chi connectivity index (χ4v) is 2.38. The summed E-state index contributed by atoms with van der Waals surface area (Å²) >= 11 is 0. The molecular formula is C13H27NO. The molecule has 1 aliphatic carbocycles. The van der Waals surface area contributed by atoms with Gasteiger partial charge in [-0.1, -0.05) is 39.0 Å². The molecule has 1 fully saturated rings. The smallest absolute Gasteiger partial charge is 0.0483 e. The second-order valence-corrected chi connectivity index (χ2v) is 4.99. The van der Waals surface area contributed by atoms with Crippen LogP contribution in [0.5, 0.6) is 0 Å². The molecule has 0 aromatic carbocycles. The lowest BCUT2D eigenvalue weighted by Gasteiger charge is -2.31. The highest BCUT2D eigenvalue weighted by Gasteiger charge is 2.24. The Labute approximate surface area is 94.6 Å².